The summed E-state index contributed by atoms with van der Waals surface area (Å²) >= 11 is 1.49. The first-order valence-electron chi connectivity index (χ1n) is 6.99. The number of rotatable bonds is 2. The Morgan fingerprint density at radius 1 is 1.22 bits per heavy atom. The normalized spacial score (nSPS) is 15.0. The van der Waals surface area contributed by atoms with E-state index in [1.54, 1.807) is 18.3 Å². The van der Waals surface area contributed by atoms with Crippen LogP contribution in [0.5, 0.6) is 0 Å². The van der Waals surface area contributed by atoms with Crippen LogP contribution in [0.1, 0.15) is 5.56 Å². The number of para-hydroxylation sites is 1. The number of H-pyrrole nitrogens is 1. The molecule has 112 valence electrons. The zero-order valence-corrected chi connectivity index (χ0v) is 12.7. The van der Waals surface area contributed by atoms with Crippen LogP contribution in [0.3, 0.4) is 0 Å². The van der Waals surface area contributed by atoms with Crippen molar-refractivity contribution in [1.82, 2.24) is 4.98 Å². The quantitative estimate of drug-likeness (QED) is 0.537. The summed E-state index contributed by atoms with van der Waals surface area (Å²) in [6.45, 7) is 0. The van der Waals surface area contributed by atoms with Crippen LogP contribution in [0.25, 0.3) is 17.0 Å². The molecule has 0 amide bonds. The number of benzene rings is 2. The first-order chi connectivity index (χ1) is 11.2. The molecule has 4 rings (SSSR count). The van der Waals surface area contributed by atoms with Crippen molar-refractivity contribution in [2.45, 2.75) is 4.90 Å². The van der Waals surface area contributed by atoms with E-state index < -0.39 is 0 Å². The predicted molar refractivity (Wildman–Crippen MR) is 93.4 cm³/mol. The Morgan fingerprint density at radius 2 is 2.09 bits per heavy atom. The predicted octanol–water partition coefficient (Wildman–Crippen LogP) is 4.93. The number of hydrogen-bond acceptors (Lipinski definition) is 4. The molecule has 3 aromatic rings. The van der Waals surface area contributed by atoms with Gasteiger partial charge in [-0.3, -0.25) is 15.1 Å². The molecular formula is C17H11N3O2S. The van der Waals surface area contributed by atoms with Crippen LogP contribution in [0.2, 0.25) is 0 Å². The maximum absolute atomic E-state index is 10.9. The minimum atomic E-state index is -0.387. The monoisotopic (exact) mass is 321 g/mol. The molecule has 1 N–H and O–H groups in total. The molecule has 0 aliphatic carbocycles. The van der Waals surface area contributed by atoms with Crippen LogP contribution in [0.15, 0.2) is 63.5 Å². The van der Waals surface area contributed by atoms with E-state index in [2.05, 4.69) is 16.0 Å². The van der Waals surface area contributed by atoms with Gasteiger partial charge in [0, 0.05) is 50.8 Å². The average Bonchev–Trinajstić information content (AvgIpc) is 2.97. The third-order valence-electron chi connectivity index (χ3n) is 3.63. The van der Waals surface area contributed by atoms with Gasteiger partial charge in [-0.2, -0.15) is 0 Å². The largest absolute Gasteiger partial charge is 0.361 e. The van der Waals surface area contributed by atoms with Crippen molar-refractivity contribution >= 4 is 46.3 Å². The van der Waals surface area contributed by atoms with Crippen LogP contribution in [0.4, 0.5) is 11.4 Å². The van der Waals surface area contributed by atoms with Gasteiger partial charge in [-0.05, 0) is 18.2 Å². The molecule has 0 unspecified atom stereocenters. The summed E-state index contributed by atoms with van der Waals surface area (Å²) in [7, 11) is 0. The number of non-ortho nitro benzene ring substituents is 1. The summed E-state index contributed by atoms with van der Waals surface area (Å²) in [5.41, 5.74) is 2.99. The van der Waals surface area contributed by atoms with Crippen molar-refractivity contribution in [3.8, 4) is 0 Å². The lowest BCUT2D eigenvalue weighted by Crippen LogP contribution is -1.91. The number of nitrogens with zero attached hydrogens (tertiary/aromatic N) is 2. The van der Waals surface area contributed by atoms with Gasteiger partial charge >= 0.3 is 0 Å². The van der Waals surface area contributed by atoms with Crippen LogP contribution in [-0.4, -0.2) is 16.1 Å². The van der Waals surface area contributed by atoms with Crippen molar-refractivity contribution in [3.63, 3.8) is 0 Å². The summed E-state index contributed by atoms with van der Waals surface area (Å²) in [4.78, 5) is 19.9. The highest BCUT2D eigenvalue weighted by atomic mass is 32.2. The molecule has 5 nitrogen and oxygen atoms in total. The van der Waals surface area contributed by atoms with E-state index in [0.717, 1.165) is 32.0 Å². The van der Waals surface area contributed by atoms with Gasteiger partial charge in [0.15, 0.2) is 0 Å². The van der Waals surface area contributed by atoms with E-state index in [9.17, 15) is 10.1 Å². The van der Waals surface area contributed by atoms with Gasteiger partial charge in [-0.1, -0.05) is 30.0 Å². The molecule has 0 saturated heterocycles. The van der Waals surface area contributed by atoms with Crippen molar-refractivity contribution in [1.29, 1.82) is 0 Å². The molecule has 1 aliphatic rings. The van der Waals surface area contributed by atoms with Gasteiger partial charge in [0.2, 0.25) is 0 Å². The second kappa shape index (κ2) is 5.40. The van der Waals surface area contributed by atoms with Crippen LogP contribution < -0.4 is 0 Å². The first-order valence-corrected chi connectivity index (χ1v) is 7.80. The van der Waals surface area contributed by atoms with Crippen LogP contribution in [0, 0.1) is 10.1 Å². The molecule has 0 fully saturated rings. The van der Waals surface area contributed by atoms with E-state index in [0.29, 0.717) is 0 Å². The third-order valence-corrected chi connectivity index (χ3v) is 4.64. The molecule has 2 heterocycles. The smallest absolute Gasteiger partial charge is 0.270 e. The molecule has 0 bridgehead atoms. The zero-order valence-electron chi connectivity index (χ0n) is 11.9. The number of aliphatic imine (C=N–C) groups is 1. The molecule has 2 aromatic carbocycles. The maximum Gasteiger partial charge on any atom is 0.270 e. The van der Waals surface area contributed by atoms with Gasteiger partial charge in [0.05, 0.1) is 10.6 Å². The number of hydrogen-bond donors (Lipinski definition) is 1. The lowest BCUT2D eigenvalue weighted by molar-refractivity contribution is -0.385. The molecule has 0 spiro atoms. The van der Waals surface area contributed by atoms with Gasteiger partial charge in [0.1, 0.15) is 0 Å². The fraction of sp³-hybridized carbons (Fsp3) is 0. The van der Waals surface area contributed by atoms with E-state index >= 15 is 0 Å². The Hall–Kier alpha value is -2.86. The number of aromatic nitrogens is 1. The Balaban J connectivity index is 1.72. The second-order valence-corrected chi connectivity index (χ2v) is 6.22. The fourth-order valence-electron chi connectivity index (χ4n) is 2.52. The number of nitrogens with one attached hydrogen (secondary N) is 1. The molecule has 0 radical (unpaired) electrons. The molecule has 1 aromatic heterocycles. The van der Waals surface area contributed by atoms with Gasteiger partial charge in [-0.25, -0.2) is 0 Å². The number of thioether (sulfide) groups is 1. The highest BCUT2D eigenvalue weighted by Crippen LogP contribution is 2.40. The Bertz CT molecular complexity index is 988. The average molecular weight is 321 g/mol. The van der Waals surface area contributed by atoms with E-state index in [1.807, 2.05) is 30.5 Å². The third kappa shape index (κ3) is 2.53. The zero-order chi connectivity index (χ0) is 15.8. The van der Waals surface area contributed by atoms with E-state index in [1.165, 1.54) is 17.8 Å². The second-order valence-electron chi connectivity index (χ2n) is 5.11. The molecule has 23 heavy (non-hydrogen) atoms. The first kappa shape index (κ1) is 13.8. The molecule has 1 aliphatic heterocycles. The highest BCUT2D eigenvalue weighted by molar-refractivity contribution is 8.04. The molecular weight excluding hydrogens is 310 g/mol. The number of allylic oxidation sites excluding steroid dienone is 1. The van der Waals surface area contributed by atoms with Gasteiger partial charge in [0.25, 0.3) is 5.69 Å². The number of fused-ring (bicyclic) bond motifs is 2. The lowest BCUT2D eigenvalue weighted by Gasteiger charge is -2.11. The Kier molecular flexibility index (Phi) is 3.24. The highest BCUT2D eigenvalue weighted by Gasteiger charge is 2.15. The molecule has 6 heteroatoms. The fourth-order valence-corrected chi connectivity index (χ4v) is 3.47. The SMILES string of the molecule is O=[N+]([O-])c1ccc2c(c1)SC(=Cc1c[nH]c3ccccc13)C=N2. The van der Waals surface area contributed by atoms with Crippen molar-refractivity contribution in [3.05, 3.63) is 69.2 Å². The summed E-state index contributed by atoms with van der Waals surface area (Å²) in [6.07, 6.45) is 5.78. The summed E-state index contributed by atoms with van der Waals surface area (Å²) in [5.74, 6) is 0. The minimum Gasteiger partial charge on any atom is -0.361 e. The molecule has 0 saturated carbocycles. The number of nitro groups is 1. The van der Waals surface area contributed by atoms with E-state index in [-0.39, 0.29) is 10.6 Å². The van der Waals surface area contributed by atoms with Gasteiger partial charge in [-0.15, -0.1) is 0 Å². The number of nitro benzene ring substituents is 1. The Morgan fingerprint density at radius 3 is 2.96 bits per heavy atom. The minimum absolute atomic E-state index is 0.0831. The summed E-state index contributed by atoms with van der Waals surface area (Å²) in [5, 5.41) is 12.0. The Labute approximate surface area is 135 Å². The topological polar surface area (TPSA) is 71.3 Å². The van der Waals surface area contributed by atoms with Crippen molar-refractivity contribution < 1.29 is 4.92 Å². The van der Waals surface area contributed by atoms with Gasteiger partial charge < -0.3 is 4.98 Å². The lowest BCUT2D eigenvalue weighted by atomic mass is 10.1. The standard InChI is InChI=1S/C17H11N3O2S/c21-20(22)12-5-6-16-17(8-12)23-13(10-19-16)7-11-9-18-15-4-2-1-3-14(11)15/h1-10,18H. The van der Waals surface area contributed by atoms with Crippen molar-refractivity contribution in [2.24, 2.45) is 4.99 Å². The van der Waals surface area contributed by atoms with Crippen LogP contribution in [-0.2, 0) is 0 Å². The summed E-state index contributed by atoms with van der Waals surface area (Å²) < 4.78 is 0. The van der Waals surface area contributed by atoms with Crippen LogP contribution >= 0.6 is 11.8 Å². The molecule has 0 atom stereocenters. The van der Waals surface area contributed by atoms with E-state index in [4.69, 9.17) is 0 Å². The summed E-state index contributed by atoms with van der Waals surface area (Å²) in [6, 6.07) is 12.8. The maximum atomic E-state index is 10.9. The van der Waals surface area contributed by atoms with Crippen molar-refractivity contribution in [2.75, 3.05) is 0 Å². The number of aromatic amines is 1.